The molecule has 0 saturated heterocycles. The maximum absolute atomic E-state index is 13.5. The average molecular weight is 489 g/mol. The van der Waals surface area contributed by atoms with Gasteiger partial charge in [-0.1, -0.05) is 58.4 Å². The highest BCUT2D eigenvalue weighted by atomic mass is 79.9. The number of fused-ring (bicyclic) bond motifs is 1. The van der Waals surface area contributed by atoms with Gasteiger partial charge in [0.1, 0.15) is 17.2 Å². The van der Waals surface area contributed by atoms with Crippen molar-refractivity contribution >= 4 is 39.0 Å². The maximum Gasteiger partial charge on any atom is 0.261 e. The number of aromatic nitrogens is 2. The van der Waals surface area contributed by atoms with E-state index in [1.165, 1.54) is 12.1 Å². The standard InChI is InChI=1S/C25H18BrFN4O/c26-18-10-6-16(7-11-18)22-14-23(17-8-12-19(27)13-9-17)31-24(30-22)21(15-28-31)25(32)29-20-4-2-1-3-5-20/h1-15,23,30H,(H,29,32)/t23-/m0/s1. The van der Waals surface area contributed by atoms with Crippen LogP contribution in [-0.4, -0.2) is 15.7 Å². The van der Waals surface area contributed by atoms with Crippen LogP contribution in [0.4, 0.5) is 15.9 Å². The minimum Gasteiger partial charge on any atom is -0.339 e. The Bertz CT molecular complexity index is 1300. The zero-order valence-corrected chi connectivity index (χ0v) is 18.4. The third-order valence-corrected chi connectivity index (χ3v) is 5.81. The van der Waals surface area contributed by atoms with Gasteiger partial charge in [0, 0.05) is 15.9 Å². The monoisotopic (exact) mass is 488 g/mol. The van der Waals surface area contributed by atoms with Gasteiger partial charge >= 0.3 is 0 Å². The van der Waals surface area contributed by atoms with Crippen LogP contribution in [0.15, 0.2) is 95.6 Å². The number of para-hydroxylation sites is 1. The summed E-state index contributed by atoms with van der Waals surface area (Å²) in [6.45, 7) is 0. The molecule has 5 nitrogen and oxygen atoms in total. The number of halogens is 2. The first-order valence-corrected chi connectivity index (χ1v) is 10.8. The molecular formula is C25H18BrFN4O. The third kappa shape index (κ3) is 3.94. The topological polar surface area (TPSA) is 59.0 Å². The van der Waals surface area contributed by atoms with E-state index in [1.807, 2.05) is 60.7 Å². The third-order valence-electron chi connectivity index (χ3n) is 5.28. The number of benzene rings is 3. The number of carbonyl (C=O) groups is 1. The number of allylic oxidation sites excluding steroid dienone is 1. The van der Waals surface area contributed by atoms with Crippen LogP contribution in [0.25, 0.3) is 5.70 Å². The minimum absolute atomic E-state index is 0.264. The second-order valence-corrected chi connectivity index (χ2v) is 8.30. The van der Waals surface area contributed by atoms with Gasteiger partial charge in [0.25, 0.3) is 5.91 Å². The molecule has 1 aliphatic rings. The summed E-state index contributed by atoms with van der Waals surface area (Å²) in [5.41, 5.74) is 3.79. The highest BCUT2D eigenvalue weighted by Crippen LogP contribution is 2.35. The van der Waals surface area contributed by atoms with Crippen molar-refractivity contribution in [1.29, 1.82) is 0 Å². The number of hydrogen-bond donors (Lipinski definition) is 2. The molecule has 1 amide bonds. The summed E-state index contributed by atoms with van der Waals surface area (Å²) < 4.78 is 16.3. The van der Waals surface area contributed by atoms with Crippen LogP contribution in [0.2, 0.25) is 0 Å². The highest BCUT2D eigenvalue weighted by molar-refractivity contribution is 9.10. The highest BCUT2D eigenvalue weighted by Gasteiger charge is 2.28. The Hall–Kier alpha value is -3.71. The number of rotatable bonds is 4. The second-order valence-electron chi connectivity index (χ2n) is 7.38. The van der Waals surface area contributed by atoms with Gasteiger partial charge in [0.15, 0.2) is 0 Å². The molecule has 2 heterocycles. The lowest BCUT2D eigenvalue weighted by molar-refractivity contribution is 0.102. The first-order chi connectivity index (χ1) is 15.6. The lowest BCUT2D eigenvalue weighted by Crippen LogP contribution is -2.22. The summed E-state index contributed by atoms with van der Waals surface area (Å²) in [6, 6.07) is 23.2. The Morgan fingerprint density at radius 1 is 1.00 bits per heavy atom. The molecule has 1 aromatic heterocycles. The Labute approximate surface area is 192 Å². The number of nitrogens with zero attached hydrogens (tertiary/aromatic N) is 2. The Balaban J connectivity index is 1.56. The summed E-state index contributed by atoms with van der Waals surface area (Å²) in [6.07, 6.45) is 3.57. The lowest BCUT2D eigenvalue weighted by Gasteiger charge is -2.26. The van der Waals surface area contributed by atoms with E-state index in [1.54, 1.807) is 23.0 Å². The number of amides is 1. The molecule has 7 heteroatoms. The molecule has 0 saturated carbocycles. The van der Waals surface area contributed by atoms with Crippen LogP contribution in [0.3, 0.4) is 0 Å². The van der Waals surface area contributed by atoms with Crippen LogP contribution in [0.1, 0.15) is 27.5 Å². The number of anilines is 2. The molecule has 5 rings (SSSR count). The smallest absolute Gasteiger partial charge is 0.261 e. The molecule has 32 heavy (non-hydrogen) atoms. The van der Waals surface area contributed by atoms with E-state index < -0.39 is 0 Å². The number of nitrogens with one attached hydrogen (secondary N) is 2. The SMILES string of the molecule is O=C(Nc1ccccc1)c1cnn2c1NC(c1ccc(Br)cc1)=C[C@H]2c1ccc(F)cc1. The molecule has 0 fully saturated rings. The molecule has 4 aromatic rings. The Kier molecular flexibility index (Phi) is 5.33. The Morgan fingerprint density at radius 2 is 1.72 bits per heavy atom. The molecule has 1 atom stereocenters. The van der Waals surface area contributed by atoms with Gasteiger partial charge in [0.05, 0.1) is 12.2 Å². The van der Waals surface area contributed by atoms with Gasteiger partial charge in [-0.05, 0) is 53.6 Å². The molecular weight excluding hydrogens is 471 g/mol. The van der Waals surface area contributed by atoms with Crippen LogP contribution < -0.4 is 10.6 Å². The summed E-state index contributed by atoms with van der Waals surface area (Å²) in [4.78, 5) is 13.0. The van der Waals surface area contributed by atoms with E-state index in [0.717, 1.165) is 21.3 Å². The molecule has 158 valence electrons. The molecule has 1 aliphatic heterocycles. The van der Waals surface area contributed by atoms with Gasteiger partial charge < -0.3 is 10.6 Å². The molecule has 0 aliphatic carbocycles. The molecule has 0 unspecified atom stereocenters. The molecule has 2 N–H and O–H groups in total. The largest absolute Gasteiger partial charge is 0.339 e. The van der Waals surface area contributed by atoms with Crippen LogP contribution in [0.5, 0.6) is 0 Å². The maximum atomic E-state index is 13.5. The van der Waals surface area contributed by atoms with Crippen molar-refractivity contribution in [2.24, 2.45) is 0 Å². The average Bonchev–Trinajstić information content (AvgIpc) is 3.24. The van der Waals surface area contributed by atoms with E-state index >= 15 is 0 Å². The summed E-state index contributed by atoms with van der Waals surface area (Å²) in [5, 5.41) is 10.8. The predicted molar refractivity (Wildman–Crippen MR) is 127 cm³/mol. The summed E-state index contributed by atoms with van der Waals surface area (Å²) >= 11 is 3.46. The van der Waals surface area contributed by atoms with Crippen LogP contribution in [0, 0.1) is 5.82 Å². The zero-order chi connectivity index (χ0) is 22.1. The van der Waals surface area contributed by atoms with Crippen LogP contribution >= 0.6 is 15.9 Å². The van der Waals surface area contributed by atoms with Crippen molar-refractivity contribution in [1.82, 2.24) is 9.78 Å². The molecule has 0 spiro atoms. The number of hydrogen-bond acceptors (Lipinski definition) is 3. The van der Waals surface area contributed by atoms with Gasteiger partial charge in [-0.2, -0.15) is 5.10 Å². The first kappa shape index (κ1) is 20.2. The fraction of sp³-hybridized carbons (Fsp3) is 0.0400. The zero-order valence-electron chi connectivity index (χ0n) is 16.8. The van der Waals surface area contributed by atoms with E-state index in [9.17, 15) is 9.18 Å². The lowest BCUT2D eigenvalue weighted by atomic mass is 10.0. The summed E-state index contributed by atoms with van der Waals surface area (Å²) in [5.74, 6) is 0.0106. The van der Waals surface area contributed by atoms with Gasteiger partial charge in [-0.25, -0.2) is 9.07 Å². The minimum atomic E-state index is -0.302. The second kappa shape index (κ2) is 8.43. The Morgan fingerprint density at radius 3 is 2.44 bits per heavy atom. The van der Waals surface area contributed by atoms with Gasteiger partial charge in [-0.3, -0.25) is 4.79 Å². The van der Waals surface area contributed by atoms with E-state index in [4.69, 9.17) is 0 Å². The van der Waals surface area contributed by atoms with Crippen molar-refractivity contribution < 1.29 is 9.18 Å². The molecule has 0 radical (unpaired) electrons. The summed E-state index contributed by atoms with van der Waals surface area (Å²) in [7, 11) is 0. The fourth-order valence-electron chi connectivity index (χ4n) is 3.68. The van der Waals surface area contributed by atoms with E-state index in [2.05, 4.69) is 31.7 Å². The van der Waals surface area contributed by atoms with E-state index in [-0.39, 0.29) is 17.8 Å². The van der Waals surface area contributed by atoms with Crippen LogP contribution in [-0.2, 0) is 0 Å². The quantitative estimate of drug-likeness (QED) is 0.365. The van der Waals surface area contributed by atoms with Crippen molar-refractivity contribution in [2.75, 3.05) is 10.6 Å². The van der Waals surface area contributed by atoms with Crippen molar-refractivity contribution in [3.8, 4) is 0 Å². The van der Waals surface area contributed by atoms with E-state index in [0.29, 0.717) is 17.1 Å². The molecule has 3 aromatic carbocycles. The van der Waals surface area contributed by atoms with Crippen molar-refractivity contribution in [3.63, 3.8) is 0 Å². The predicted octanol–water partition coefficient (Wildman–Crippen LogP) is 6.09. The fourth-order valence-corrected chi connectivity index (χ4v) is 3.94. The van der Waals surface area contributed by atoms with Crippen molar-refractivity contribution in [3.05, 3.63) is 118 Å². The normalized spacial score (nSPS) is 14.8. The molecule has 0 bridgehead atoms. The van der Waals surface area contributed by atoms with Gasteiger partial charge in [0.2, 0.25) is 0 Å². The first-order valence-electron chi connectivity index (χ1n) is 10.0. The number of carbonyl (C=O) groups excluding carboxylic acids is 1. The van der Waals surface area contributed by atoms with Gasteiger partial charge in [-0.15, -0.1) is 0 Å². The van der Waals surface area contributed by atoms with Crippen molar-refractivity contribution in [2.45, 2.75) is 6.04 Å².